The van der Waals surface area contributed by atoms with E-state index in [1.165, 1.54) is 4.88 Å². The third-order valence-electron chi connectivity index (χ3n) is 3.51. The third kappa shape index (κ3) is 2.74. The fraction of sp³-hybridized carbons (Fsp3) is 0.615. The van der Waals surface area contributed by atoms with Gasteiger partial charge in [0, 0.05) is 19.0 Å². The molecule has 1 aromatic rings. The lowest BCUT2D eigenvalue weighted by molar-refractivity contribution is -0.157. The van der Waals surface area contributed by atoms with Crippen molar-refractivity contribution in [3.63, 3.8) is 0 Å². The molecule has 0 atom stereocenters. The molecule has 0 spiro atoms. The molecule has 1 aliphatic heterocycles. The summed E-state index contributed by atoms with van der Waals surface area (Å²) < 4.78 is 5.55. The van der Waals surface area contributed by atoms with Gasteiger partial charge in [0.1, 0.15) is 5.60 Å². The molecule has 2 rings (SSSR count). The second-order valence-electron chi connectivity index (χ2n) is 4.69. The van der Waals surface area contributed by atoms with E-state index in [4.69, 9.17) is 4.74 Å². The zero-order chi connectivity index (χ0) is 13.0. The Morgan fingerprint density at radius 1 is 1.56 bits per heavy atom. The van der Waals surface area contributed by atoms with E-state index in [-0.39, 0.29) is 5.91 Å². The predicted octanol–water partition coefficient (Wildman–Crippen LogP) is 1.48. The number of likely N-dealkylation sites (N-methyl/N-ethyl adjacent to an activating group) is 1. The van der Waals surface area contributed by atoms with Gasteiger partial charge in [0.05, 0.1) is 6.54 Å². The Labute approximate surface area is 112 Å². The number of carbonyl (C=O) groups is 1. The van der Waals surface area contributed by atoms with E-state index < -0.39 is 5.60 Å². The van der Waals surface area contributed by atoms with Gasteiger partial charge in [-0.25, -0.2) is 0 Å². The van der Waals surface area contributed by atoms with Crippen LogP contribution in [-0.2, 0) is 16.1 Å². The summed E-state index contributed by atoms with van der Waals surface area (Å²) in [5.41, 5.74) is -0.628. The van der Waals surface area contributed by atoms with E-state index in [2.05, 4.69) is 11.4 Å². The van der Waals surface area contributed by atoms with Crippen molar-refractivity contribution in [1.29, 1.82) is 0 Å². The Bertz CT molecular complexity index is 386. The molecule has 0 saturated carbocycles. The van der Waals surface area contributed by atoms with Crippen LogP contribution < -0.4 is 5.32 Å². The first-order valence-electron chi connectivity index (χ1n) is 6.22. The summed E-state index contributed by atoms with van der Waals surface area (Å²) in [5.74, 6) is 0.0971. The third-order valence-corrected chi connectivity index (χ3v) is 4.37. The molecule has 0 bridgehead atoms. The first kappa shape index (κ1) is 13.5. The van der Waals surface area contributed by atoms with Gasteiger partial charge in [0.15, 0.2) is 0 Å². The largest absolute Gasteiger partial charge is 0.368 e. The van der Waals surface area contributed by atoms with Gasteiger partial charge in [-0.2, -0.15) is 0 Å². The number of piperidine rings is 1. The Balaban J connectivity index is 2.04. The quantitative estimate of drug-likeness (QED) is 0.899. The number of nitrogens with one attached hydrogen (secondary N) is 1. The van der Waals surface area contributed by atoms with Gasteiger partial charge in [-0.05, 0) is 37.4 Å². The van der Waals surface area contributed by atoms with Gasteiger partial charge in [0.25, 0.3) is 5.91 Å². The molecule has 1 amide bonds. The SMILES string of the molecule is COC1(C(=O)N(C)Cc2cccs2)CCNCC1. The lowest BCUT2D eigenvalue weighted by atomic mass is 9.90. The minimum Gasteiger partial charge on any atom is -0.368 e. The molecule has 0 aliphatic carbocycles. The molecular formula is C13H20N2O2S. The molecule has 5 heteroatoms. The zero-order valence-electron chi connectivity index (χ0n) is 10.9. The van der Waals surface area contributed by atoms with Crippen molar-refractivity contribution in [2.75, 3.05) is 27.2 Å². The molecule has 2 heterocycles. The minimum absolute atomic E-state index is 0.0971. The molecule has 1 saturated heterocycles. The van der Waals surface area contributed by atoms with Crippen LogP contribution in [0.5, 0.6) is 0 Å². The van der Waals surface area contributed by atoms with Gasteiger partial charge in [-0.1, -0.05) is 6.07 Å². The Morgan fingerprint density at radius 2 is 2.28 bits per heavy atom. The number of carbonyl (C=O) groups excluding carboxylic acids is 1. The normalized spacial score (nSPS) is 18.6. The highest BCUT2D eigenvalue weighted by atomic mass is 32.1. The number of hydrogen-bond acceptors (Lipinski definition) is 4. The second kappa shape index (κ2) is 5.82. The van der Waals surface area contributed by atoms with E-state index in [1.54, 1.807) is 23.3 Å². The number of hydrogen-bond donors (Lipinski definition) is 1. The molecule has 1 N–H and O–H groups in total. The van der Waals surface area contributed by atoms with E-state index in [0.717, 1.165) is 25.9 Å². The lowest BCUT2D eigenvalue weighted by Gasteiger charge is -2.37. The number of nitrogens with zero attached hydrogens (tertiary/aromatic N) is 1. The molecule has 100 valence electrons. The van der Waals surface area contributed by atoms with Crippen molar-refractivity contribution < 1.29 is 9.53 Å². The molecular weight excluding hydrogens is 248 g/mol. The molecule has 0 unspecified atom stereocenters. The summed E-state index contributed by atoms with van der Waals surface area (Å²) in [6, 6.07) is 4.06. The smallest absolute Gasteiger partial charge is 0.254 e. The van der Waals surface area contributed by atoms with E-state index in [1.807, 2.05) is 18.5 Å². The molecule has 1 fully saturated rings. The summed E-state index contributed by atoms with van der Waals surface area (Å²) in [6.07, 6.45) is 1.49. The van der Waals surface area contributed by atoms with Gasteiger partial charge >= 0.3 is 0 Å². The zero-order valence-corrected chi connectivity index (χ0v) is 11.8. The van der Waals surface area contributed by atoms with Crippen molar-refractivity contribution in [3.8, 4) is 0 Å². The van der Waals surface area contributed by atoms with Crippen LogP contribution in [0.3, 0.4) is 0 Å². The van der Waals surface area contributed by atoms with Crippen molar-refractivity contribution in [2.45, 2.75) is 25.0 Å². The van der Waals surface area contributed by atoms with Crippen LogP contribution in [0.25, 0.3) is 0 Å². The first-order chi connectivity index (χ1) is 8.68. The second-order valence-corrected chi connectivity index (χ2v) is 5.72. The van der Waals surface area contributed by atoms with Crippen LogP contribution in [0.15, 0.2) is 17.5 Å². The molecule has 0 aromatic carbocycles. The monoisotopic (exact) mass is 268 g/mol. The summed E-state index contributed by atoms with van der Waals surface area (Å²) >= 11 is 1.67. The van der Waals surface area contributed by atoms with E-state index in [9.17, 15) is 4.79 Å². The first-order valence-corrected chi connectivity index (χ1v) is 7.10. The number of rotatable bonds is 4. The number of methoxy groups -OCH3 is 1. The Hall–Kier alpha value is -0.910. The lowest BCUT2D eigenvalue weighted by Crippen LogP contribution is -2.54. The number of amides is 1. The number of ether oxygens (including phenoxy) is 1. The van der Waals surface area contributed by atoms with Crippen LogP contribution in [0, 0.1) is 0 Å². The molecule has 0 radical (unpaired) electrons. The summed E-state index contributed by atoms with van der Waals surface area (Å²) in [6.45, 7) is 2.34. The Morgan fingerprint density at radius 3 is 2.83 bits per heavy atom. The van der Waals surface area contributed by atoms with Crippen molar-refractivity contribution in [1.82, 2.24) is 10.2 Å². The average Bonchev–Trinajstić information content (AvgIpc) is 2.91. The molecule has 1 aliphatic rings. The van der Waals surface area contributed by atoms with Crippen molar-refractivity contribution >= 4 is 17.2 Å². The van der Waals surface area contributed by atoms with Crippen molar-refractivity contribution in [3.05, 3.63) is 22.4 Å². The van der Waals surface area contributed by atoms with Crippen LogP contribution in [0.1, 0.15) is 17.7 Å². The summed E-state index contributed by atoms with van der Waals surface area (Å²) in [5, 5.41) is 5.30. The topological polar surface area (TPSA) is 41.6 Å². The fourth-order valence-electron chi connectivity index (χ4n) is 2.39. The number of thiophene rings is 1. The fourth-order valence-corrected chi connectivity index (χ4v) is 3.15. The highest BCUT2D eigenvalue weighted by Gasteiger charge is 2.41. The highest BCUT2D eigenvalue weighted by Crippen LogP contribution is 2.25. The van der Waals surface area contributed by atoms with Crippen LogP contribution in [0.4, 0.5) is 0 Å². The van der Waals surface area contributed by atoms with Crippen LogP contribution in [-0.4, -0.2) is 43.7 Å². The molecule has 4 nitrogen and oxygen atoms in total. The maximum Gasteiger partial charge on any atom is 0.254 e. The van der Waals surface area contributed by atoms with E-state index >= 15 is 0 Å². The van der Waals surface area contributed by atoms with Crippen molar-refractivity contribution in [2.24, 2.45) is 0 Å². The standard InChI is InChI=1S/C13H20N2O2S/c1-15(10-11-4-3-9-18-11)12(16)13(17-2)5-7-14-8-6-13/h3-4,9,14H,5-8,10H2,1-2H3. The maximum absolute atomic E-state index is 12.6. The van der Waals surface area contributed by atoms with Gasteiger partial charge in [-0.3, -0.25) is 4.79 Å². The van der Waals surface area contributed by atoms with Crippen LogP contribution >= 0.6 is 11.3 Å². The minimum atomic E-state index is -0.628. The van der Waals surface area contributed by atoms with E-state index in [0.29, 0.717) is 6.54 Å². The van der Waals surface area contributed by atoms with Gasteiger partial charge in [-0.15, -0.1) is 11.3 Å². The highest BCUT2D eigenvalue weighted by molar-refractivity contribution is 7.09. The van der Waals surface area contributed by atoms with Gasteiger partial charge in [0.2, 0.25) is 0 Å². The Kier molecular flexibility index (Phi) is 4.37. The van der Waals surface area contributed by atoms with Gasteiger partial charge < -0.3 is 15.0 Å². The average molecular weight is 268 g/mol. The summed E-state index contributed by atoms with van der Waals surface area (Å²) in [7, 11) is 3.49. The van der Waals surface area contributed by atoms with Crippen LogP contribution in [0.2, 0.25) is 0 Å². The maximum atomic E-state index is 12.6. The predicted molar refractivity (Wildman–Crippen MR) is 72.6 cm³/mol. The summed E-state index contributed by atoms with van der Waals surface area (Å²) in [4.78, 5) is 15.5. The molecule has 18 heavy (non-hydrogen) atoms. The molecule has 1 aromatic heterocycles.